The Labute approximate surface area is 160 Å². The number of anilines is 1. The minimum Gasteiger partial charge on any atom is -0.490 e. The fourth-order valence-electron chi connectivity index (χ4n) is 2.63. The van der Waals surface area contributed by atoms with E-state index in [9.17, 15) is 13.2 Å². The standard InChI is InChI=1S/C20H24N2O4S/c1-4-13-26-17-11-9-16(10-12-17)14-22(2)15-20(23)21-18-7-5-6-8-19(18)27(3,24)25/h4-12H,1,13-15H2,2-3H3,(H,21,23)/p+1. The Bertz CT molecular complexity index is 892. The van der Waals surface area contributed by atoms with Crippen molar-refractivity contribution < 1.29 is 22.8 Å². The van der Waals surface area contributed by atoms with E-state index in [0.717, 1.165) is 22.5 Å². The number of quaternary nitrogens is 1. The third-order valence-electron chi connectivity index (χ3n) is 3.82. The first-order valence-electron chi connectivity index (χ1n) is 8.52. The summed E-state index contributed by atoms with van der Waals surface area (Å²) in [4.78, 5) is 13.4. The summed E-state index contributed by atoms with van der Waals surface area (Å²) in [5.74, 6) is 0.529. The van der Waals surface area contributed by atoms with Gasteiger partial charge in [-0.15, -0.1) is 0 Å². The van der Waals surface area contributed by atoms with Gasteiger partial charge in [0.25, 0.3) is 5.91 Å². The van der Waals surface area contributed by atoms with E-state index in [0.29, 0.717) is 18.8 Å². The monoisotopic (exact) mass is 389 g/mol. The van der Waals surface area contributed by atoms with E-state index in [4.69, 9.17) is 4.74 Å². The molecule has 0 aliphatic heterocycles. The average molecular weight is 389 g/mol. The largest absolute Gasteiger partial charge is 0.490 e. The molecule has 0 bridgehead atoms. The summed E-state index contributed by atoms with van der Waals surface area (Å²) < 4.78 is 29.1. The molecule has 7 heteroatoms. The third-order valence-corrected chi connectivity index (χ3v) is 4.97. The SMILES string of the molecule is C=CCOc1ccc(C[NH+](C)CC(=O)Nc2ccccc2S(C)(=O)=O)cc1. The Kier molecular flexibility index (Phi) is 7.15. The van der Waals surface area contributed by atoms with Gasteiger partial charge in [0.15, 0.2) is 16.4 Å². The lowest BCUT2D eigenvalue weighted by molar-refractivity contribution is -0.885. The van der Waals surface area contributed by atoms with Crippen molar-refractivity contribution in [2.24, 2.45) is 0 Å². The summed E-state index contributed by atoms with van der Waals surface area (Å²) in [5.41, 5.74) is 1.38. The number of para-hydroxylation sites is 1. The molecule has 0 aliphatic rings. The topological polar surface area (TPSA) is 76.9 Å². The van der Waals surface area contributed by atoms with Crippen LogP contribution in [0.3, 0.4) is 0 Å². The molecule has 0 spiro atoms. The van der Waals surface area contributed by atoms with Crippen molar-refractivity contribution in [3.63, 3.8) is 0 Å². The Morgan fingerprint density at radius 3 is 2.48 bits per heavy atom. The highest BCUT2D eigenvalue weighted by molar-refractivity contribution is 7.90. The summed E-state index contributed by atoms with van der Waals surface area (Å²) in [7, 11) is -1.50. The molecular formula is C20H25N2O4S+. The third kappa shape index (κ3) is 6.54. The quantitative estimate of drug-likeness (QED) is 0.634. The minimum absolute atomic E-state index is 0.117. The van der Waals surface area contributed by atoms with Crippen LogP contribution in [0.15, 0.2) is 66.1 Å². The van der Waals surface area contributed by atoms with E-state index in [-0.39, 0.29) is 17.3 Å². The number of nitrogens with one attached hydrogen (secondary N) is 2. The van der Waals surface area contributed by atoms with Crippen LogP contribution in [0.25, 0.3) is 0 Å². The zero-order valence-electron chi connectivity index (χ0n) is 15.6. The zero-order chi connectivity index (χ0) is 19.9. The molecule has 0 saturated heterocycles. The summed E-state index contributed by atoms with van der Waals surface area (Å²) in [5, 5.41) is 2.70. The summed E-state index contributed by atoms with van der Waals surface area (Å²) >= 11 is 0. The van der Waals surface area contributed by atoms with Gasteiger partial charge in [0.2, 0.25) is 0 Å². The fourth-order valence-corrected chi connectivity index (χ4v) is 3.48. The van der Waals surface area contributed by atoms with E-state index < -0.39 is 9.84 Å². The van der Waals surface area contributed by atoms with E-state index >= 15 is 0 Å². The summed E-state index contributed by atoms with van der Waals surface area (Å²) in [6.45, 7) is 4.94. The van der Waals surface area contributed by atoms with Gasteiger partial charge in [-0.25, -0.2) is 8.42 Å². The van der Waals surface area contributed by atoms with Crippen LogP contribution < -0.4 is 15.0 Å². The second-order valence-electron chi connectivity index (χ2n) is 6.37. The molecule has 2 aromatic carbocycles. The predicted molar refractivity (Wildman–Crippen MR) is 106 cm³/mol. The molecule has 0 heterocycles. The zero-order valence-corrected chi connectivity index (χ0v) is 16.4. The molecule has 2 rings (SSSR count). The van der Waals surface area contributed by atoms with Crippen LogP contribution in [0.5, 0.6) is 5.75 Å². The lowest BCUT2D eigenvalue weighted by Gasteiger charge is -2.15. The number of hydrogen-bond donors (Lipinski definition) is 2. The molecule has 6 nitrogen and oxygen atoms in total. The van der Waals surface area contributed by atoms with E-state index in [1.54, 1.807) is 24.3 Å². The molecule has 0 fully saturated rings. The summed E-state index contributed by atoms with van der Waals surface area (Å²) in [6.07, 6.45) is 2.81. The Morgan fingerprint density at radius 1 is 1.19 bits per heavy atom. The van der Waals surface area contributed by atoms with Gasteiger partial charge in [0, 0.05) is 11.8 Å². The van der Waals surface area contributed by atoms with Crippen molar-refractivity contribution in [2.75, 3.05) is 31.8 Å². The molecule has 0 radical (unpaired) electrons. The van der Waals surface area contributed by atoms with Crippen LogP contribution in [0.4, 0.5) is 5.69 Å². The van der Waals surface area contributed by atoms with E-state index in [2.05, 4.69) is 11.9 Å². The normalized spacial score (nSPS) is 12.2. The lowest BCUT2D eigenvalue weighted by atomic mass is 10.2. The second-order valence-corrected chi connectivity index (χ2v) is 8.35. The molecule has 0 saturated carbocycles. The predicted octanol–water partition coefficient (Wildman–Crippen LogP) is 1.31. The number of sulfone groups is 1. The molecular weight excluding hydrogens is 364 g/mol. The van der Waals surface area contributed by atoms with Gasteiger partial charge < -0.3 is 15.0 Å². The van der Waals surface area contributed by atoms with Gasteiger partial charge in [-0.3, -0.25) is 4.79 Å². The van der Waals surface area contributed by atoms with Gasteiger partial charge in [-0.1, -0.05) is 24.8 Å². The number of ether oxygens (including phenoxy) is 1. The molecule has 27 heavy (non-hydrogen) atoms. The molecule has 2 aromatic rings. The van der Waals surface area contributed by atoms with Crippen LogP contribution in [0.1, 0.15) is 5.56 Å². The maximum Gasteiger partial charge on any atom is 0.279 e. The van der Waals surface area contributed by atoms with Crippen molar-refractivity contribution in [2.45, 2.75) is 11.4 Å². The van der Waals surface area contributed by atoms with Crippen LogP contribution in [-0.2, 0) is 21.2 Å². The minimum atomic E-state index is -3.41. The number of amides is 1. The van der Waals surface area contributed by atoms with Gasteiger partial charge >= 0.3 is 0 Å². The number of likely N-dealkylation sites (N-methyl/N-ethyl adjacent to an activating group) is 1. The highest BCUT2D eigenvalue weighted by atomic mass is 32.2. The lowest BCUT2D eigenvalue weighted by Crippen LogP contribution is -3.08. The van der Waals surface area contributed by atoms with E-state index in [1.165, 1.54) is 6.07 Å². The number of rotatable bonds is 9. The molecule has 1 atom stereocenters. The molecule has 144 valence electrons. The maximum atomic E-state index is 12.3. The van der Waals surface area contributed by atoms with Gasteiger partial charge in [0.05, 0.1) is 17.6 Å². The van der Waals surface area contributed by atoms with Crippen molar-refractivity contribution in [1.29, 1.82) is 0 Å². The fraction of sp³-hybridized carbons (Fsp3) is 0.250. The first kappa shape index (κ1) is 20.7. The van der Waals surface area contributed by atoms with E-state index in [1.807, 2.05) is 31.3 Å². The number of benzene rings is 2. The molecule has 1 amide bonds. The number of hydrogen-bond acceptors (Lipinski definition) is 4. The van der Waals surface area contributed by atoms with Gasteiger partial charge in [0.1, 0.15) is 18.9 Å². The number of carbonyl (C=O) groups is 1. The smallest absolute Gasteiger partial charge is 0.279 e. The highest BCUT2D eigenvalue weighted by Crippen LogP contribution is 2.20. The van der Waals surface area contributed by atoms with Crippen LogP contribution in [0, 0.1) is 0 Å². The first-order chi connectivity index (χ1) is 12.8. The maximum absolute atomic E-state index is 12.3. The Hall–Kier alpha value is -2.64. The van der Waals surface area contributed by atoms with Crippen molar-refractivity contribution in [1.82, 2.24) is 0 Å². The van der Waals surface area contributed by atoms with Crippen molar-refractivity contribution in [3.05, 3.63) is 66.7 Å². The second kappa shape index (κ2) is 9.34. The number of carbonyl (C=O) groups excluding carboxylic acids is 1. The summed E-state index contributed by atoms with van der Waals surface area (Å²) in [6, 6.07) is 14.1. The highest BCUT2D eigenvalue weighted by Gasteiger charge is 2.16. The van der Waals surface area contributed by atoms with Gasteiger partial charge in [-0.05, 0) is 36.4 Å². The van der Waals surface area contributed by atoms with Crippen LogP contribution in [-0.4, -0.2) is 40.8 Å². The molecule has 1 unspecified atom stereocenters. The average Bonchev–Trinajstić information content (AvgIpc) is 2.60. The van der Waals surface area contributed by atoms with Crippen molar-refractivity contribution >= 4 is 21.4 Å². The molecule has 0 aromatic heterocycles. The molecule has 0 aliphatic carbocycles. The molecule has 2 N–H and O–H groups in total. The first-order valence-corrected chi connectivity index (χ1v) is 10.4. The van der Waals surface area contributed by atoms with Crippen LogP contribution in [0.2, 0.25) is 0 Å². The Balaban J connectivity index is 1.93. The van der Waals surface area contributed by atoms with Gasteiger partial charge in [-0.2, -0.15) is 0 Å². The van der Waals surface area contributed by atoms with Crippen molar-refractivity contribution in [3.8, 4) is 5.75 Å². The van der Waals surface area contributed by atoms with Crippen LogP contribution >= 0.6 is 0 Å². The Morgan fingerprint density at radius 2 is 1.85 bits per heavy atom.